The van der Waals surface area contributed by atoms with Crippen LogP contribution in [0.3, 0.4) is 0 Å². The van der Waals surface area contributed by atoms with E-state index in [0.717, 1.165) is 68.9 Å². The minimum absolute atomic E-state index is 0.350. The molecule has 0 aliphatic carbocycles. The zero-order chi connectivity index (χ0) is 31.1. The fraction of sp³-hybridized carbons (Fsp3) is 0.419. The lowest BCUT2D eigenvalue weighted by atomic mass is 10.0. The van der Waals surface area contributed by atoms with E-state index in [1.54, 1.807) is 18.5 Å². The quantitative estimate of drug-likeness (QED) is 0.285. The van der Waals surface area contributed by atoms with Crippen LogP contribution in [0.1, 0.15) is 12.8 Å². The molecule has 5 heterocycles. The third-order valence-corrected chi connectivity index (χ3v) is 10.4. The second kappa shape index (κ2) is 12.3. The van der Waals surface area contributed by atoms with E-state index in [1.807, 2.05) is 24.3 Å². The van der Waals surface area contributed by atoms with Crippen LogP contribution in [0, 0.1) is 0 Å². The zero-order valence-corrected chi connectivity index (χ0v) is 27.8. The predicted octanol–water partition coefficient (Wildman–Crippen LogP) is 4.48. The van der Waals surface area contributed by atoms with Crippen LogP contribution in [-0.4, -0.2) is 104 Å². The predicted molar refractivity (Wildman–Crippen MR) is 180 cm³/mol. The van der Waals surface area contributed by atoms with Gasteiger partial charge in [0.05, 0.1) is 33.3 Å². The fourth-order valence-corrected chi connectivity index (χ4v) is 7.54. The highest BCUT2D eigenvalue weighted by molar-refractivity contribution is 9.10. The third kappa shape index (κ3) is 6.16. The number of nitrogens with one attached hydrogen (secondary N) is 2. The molecule has 2 N–H and O–H groups in total. The lowest BCUT2D eigenvalue weighted by Crippen LogP contribution is -2.52. The first-order valence-corrected chi connectivity index (χ1v) is 17.9. The number of para-hydroxylation sites is 1. The lowest BCUT2D eigenvalue weighted by molar-refractivity contribution is 0.0980. The Morgan fingerprint density at radius 1 is 0.911 bits per heavy atom. The Hall–Kier alpha value is -3.59. The van der Waals surface area contributed by atoms with Gasteiger partial charge in [-0.25, -0.2) is 17.4 Å². The van der Waals surface area contributed by atoms with E-state index in [4.69, 9.17) is 14.5 Å². The van der Waals surface area contributed by atoms with Crippen molar-refractivity contribution in [2.24, 2.45) is 0 Å². The van der Waals surface area contributed by atoms with Crippen molar-refractivity contribution < 1.29 is 17.9 Å². The highest BCUT2D eigenvalue weighted by atomic mass is 79.9. The summed E-state index contributed by atoms with van der Waals surface area (Å²) >= 11 is 3.54. The summed E-state index contributed by atoms with van der Waals surface area (Å²) in [6.45, 7) is 7.46. The van der Waals surface area contributed by atoms with Crippen LogP contribution in [0.25, 0.3) is 10.9 Å². The molecule has 4 aromatic rings. The first-order valence-electron chi connectivity index (χ1n) is 15.2. The zero-order valence-electron chi connectivity index (χ0n) is 25.4. The molecule has 0 unspecified atom stereocenters. The summed E-state index contributed by atoms with van der Waals surface area (Å²) < 4.78 is 39.1. The summed E-state index contributed by atoms with van der Waals surface area (Å²) in [6, 6.07) is 12.0. The fourth-order valence-electron chi connectivity index (χ4n) is 6.43. The van der Waals surface area contributed by atoms with Gasteiger partial charge in [0.1, 0.15) is 19.0 Å². The number of aromatic nitrogens is 3. The number of likely N-dealkylation sites (N-methyl/N-ethyl adjacent to an activating group) is 1. The highest BCUT2D eigenvalue weighted by Crippen LogP contribution is 2.46. The molecule has 0 radical (unpaired) electrons. The summed E-state index contributed by atoms with van der Waals surface area (Å²) in [6.07, 6.45) is 6.64. The molecule has 0 amide bonds. The second-order valence-corrected chi connectivity index (χ2v) is 14.5. The molecule has 14 heteroatoms. The van der Waals surface area contributed by atoms with Crippen LogP contribution in [0.5, 0.6) is 11.5 Å². The van der Waals surface area contributed by atoms with Gasteiger partial charge in [0.2, 0.25) is 16.0 Å². The minimum atomic E-state index is -3.50. The Balaban J connectivity index is 1.11. The smallest absolute Gasteiger partial charge is 0.236 e. The molecule has 2 saturated heterocycles. The molecule has 45 heavy (non-hydrogen) atoms. The van der Waals surface area contributed by atoms with E-state index in [9.17, 15) is 8.42 Å². The summed E-state index contributed by atoms with van der Waals surface area (Å²) in [7, 11) is -1.30. The van der Waals surface area contributed by atoms with Gasteiger partial charge in [-0.15, -0.1) is 0 Å². The molecule has 0 bridgehead atoms. The summed E-state index contributed by atoms with van der Waals surface area (Å²) in [5.41, 5.74) is 2.90. The maximum absolute atomic E-state index is 12.4. The van der Waals surface area contributed by atoms with Gasteiger partial charge in [0.25, 0.3) is 0 Å². The van der Waals surface area contributed by atoms with Crippen LogP contribution in [0.2, 0.25) is 0 Å². The first-order chi connectivity index (χ1) is 21.7. The summed E-state index contributed by atoms with van der Waals surface area (Å²) in [5, 5.41) is 7.40. The SMILES string of the molecule is CN1CCN(C2CCN(c3ccc(Nc4ncc(Br)c(Nc5cccc6ccn(S(C)(=O)=O)c56)n4)c4c3OCCO4)CC2)CC1. The number of benzene rings is 2. The second-order valence-electron chi connectivity index (χ2n) is 11.8. The van der Waals surface area contributed by atoms with Gasteiger partial charge in [0, 0.05) is 63.1 Å². The maximum atomic E-state index is 12.4. The lowest BCUT2D eigenvalue weighted by Gasteiger charge is -2.43. The minimum Gasteiger partial charge on any atom is -0.484 e. The van der Waals surface area contributed by atoms with Gasteiger partial charge in [-0.2, -0.15) is 4.98 Å². The van der Waals surface area contributed by atoms with Crippen molar-refractivity contribution in [3.63, 3.8) is 0 Å². The third-order valence-electron chi connectivity index (χ3n) is 8.80. The molecule has 2 fully saturated rings. The van der Waals surface area contributed by atoms with E-state index in [2.05, 4.69) is 59.4 Å². The molecule has 0 spiro atoms. The first kappa shape index (κ1) is 30.1. The number of nitrogens with zero attached hydrogens (tertiary/aromatic N) is 6. The van der Waals surface area contributed by atoms with E-state index in [1.165, 1.54) is 10.2 Å². The number of hydrogen-bond donors (Lipinski definition) is 2. The van der Waals surface area contributed by atoms with Crippen molar-refractivity contribution in [2.45, 2.75) is 18.9 Å². The molecular formula is C31H37BrN8O4S. The Morgan fingerprint density at radius 3 is 2.42 bits per heavy atom. The maximum Gasteiger partial charge on any atom is 0.236 e. The Bertz CT molecular complexity index is 1820. The van der Waals surface area contributed by atoms with Crippen molar-refractivity contribution in [1.82, 2.24) is 23.7 Å². The molecule has 3 aliphatic rings. The van der Waals surface area contributed by atoms with Gasteiger partial charge in [-0.05, 0) is 60.1 Å². The molecule has 238 valence electrons. The largest absolute Gasteiger partial charge is 0.484 e. The van der Waals surface area contributed by atoms with Crippen LogP contribution >= 0.6 is 15.9 Å². The monoisotopic (exact) mass is 696 g/mol. The molecule has 12 nitrogen and oxygen atoms in total. The van der Waals surface area contributed by atoms with Crippen LogP contribution in [-0.2, 0) is 10.0 Å². The van der Waals surface area contributed by atoms with E-state index in [-0.39, 0.29) is 0 Å². The number of fused-ring (bicyclic) bond motifs is 2. The van der Waals surface area contributed by atoms with Crippen molar-refractivity contribution in [1.29, 1.82) is 0 Å². The number of rotatable bonds is 7. The van der Waals surface area contributed by atoms with Crippen molar-refractivity contribution in [3.8, 4) is 11.5 Å². The number of halogens is 1. The average Bonchev–Trinajstić information content (AvgIpc) is 3.50. The molecule has 3 aliphatic heterocycles. The number of anilines is 5. The molecule has 0 saturated carbocycles. The molecule has 7 rings (SSSR count). The van der Waals surface area contributed by atoms with Gasteiger partial charge in [-0.1, -0.05) is 12.1 Å². The van der Waals surface area contributed by atoms with Crippen LogP contribution in [0.4, 0.5) is 28.8 Å². The van der Waals surface area contributed by atoms with Crippen LogP contribution < -0.4 is 25.0 Å². The van der Waals surface area contributed by atoms with Gasteiger partial charge in [-0.3, -0.25) is 4.90 Å². The summed E-state index contributed by atoms with van der Waals surface area (Å²) in [4.78, 5) is 16.7. The molecule has 2 aromatic carbocycles. The Kier molecular flexibility index (Phi) is 8.23. The van der Waals surface area contributed by atoms with Crippen molar-refractivity contribution >= 4 is 65.7 Å². The van der Waals surface area contributed by atoms with E-state index >= 15 is 0 Å². The van der Waals surface area contributed by atoms with Crippen molar-refractivity contribution in [2.75, 3.05) is 81.3 Å². The summed E-state index contributed by atoms with van der Waals surface area (Å²) in [5.74, 6) is 2.22. The van der Waals surface area contributed by atoms with Gasteiger partial charge < -0.3 is 29.9 Å². The molecular weight excluding hydrogens is 660 g/mol. The average molecular weight is 698 g/mol. The highest BCUT2D eigenvalue weighted by Gasteiger charge is 2.30. The number of hydrogen-bond acceptors (Lipinski definition) is 11. The normalized spacial score (nSPS) is 18.3. The van der Waals surface area contributed by atoms with Crippen molar-refractivity contribution in [3.05, 3.63) is 53.3 Å². The number of piperazine rings is 1. The topological polar surface area (TPSA) is 117 Å². The molecule has 0 atom stereocenters. The van der Waals surface area contributed by atoms with E-state index < -0.39 is 10.0 Å². The standard InChI is InChI=1S/C31H37BrN8O4S/c1-37-14-16-38(17-15-37)22-9-11-39(12-10-22)26-7-6-25(28-29(26)44-19-18-43-28)35-31-33-20-23(32)30(36-31)34-24-5-3-4-21-8-13-40(27(21)24)45(2,41)42/h3-8,13,20,22H,9-12,14-19H2,1-2H3,(H2,33,34,35,36). The van der Waals surface area contributed by atoms with Gasteiger partial charge >= 0.3 is 0 Å². The Labute approximate surface area is 271 Å². The number of piperidine rings is 1. The Morgan fingerprint density at radius 2 is 1.67 bits per heavy atom. The molecule has 2 aromatic heterocycles. The number of ether oxygens (including phenoxy) is 2. The van der Waals surface area contributed by atoms with Crippen LogP contribution in [0.15, 0.2) is 53.3 Å². The van der Waals surface area contributed by atoms with Gasteiger partial charge in [0.15, 0.2) is 11.5 Å². The van der Waals surface area contributed by atoms with E-state index in [0.29, 0.717) is 58.1 Å².